The van der Waals surface area contributed by atoms with E-state index in [1.807, 2.05) is 23.1 Å². The molecule has 5 nitrogen and oxygen atoms in total. The van der Waals surface area contributed by atoms with Crippen molar-refractivity contribution in [2.75, 3.05) is 25.5 Å². The Labute approximate surface area is 153 Å². The number of amides is 2. The van der Waals surface area contributed by atoms with E-state index in [0.29, 0.717) is 31.5 Å². The van der Waals surface area contributed by atoms with Gasteiger partial charge in [0, 0.05) is 24.3 Å². The fraction of sp³-hybridized carbons (Fsp3) is 0.333. The number of anilines is 1. The number of piperidine rings is 1. The van der Waals surface area contributed by atoms with Gasteiger partial charge in [0.2, 0.25) is 5.91 Å². The van der Waals surface area contributed by atoms with Crippen molar-refractivity contribution in [3.05, 3.63) is 59.7 Å². The second-order valence-corrected chi connectivity index (χ2v) is 7.09. The molecule has 1 spiro atoms. The highest BCUT2D eigenvalue weighted by atomic mass is 16.5. The number of ether oxygens (including phenoxy) is 1. The average Bonchev–Trinajstić information content (AvgIpc) is 2.69. The van der Waals surface area contributed by atoms with Crippen LogP contribution in [0.4, 0.5) is 5.69 Å². The van der Waals surface area contributed by atoms with Crippen molar-refractivity contribution in [3.63, 3.8) is 0 Å². The van der Waals surface area contributed by atoms with Crippen LogP contribution >= 0.6 is 0 Å². The quantitative estimate of drug-likeness (QED) is 0.905. The Morgan fingerprint density at radius 3 is 2.46 bits per heavy atom. The summed E-state index contributed by atoms with van der Waals surface area (Å²) in [4.78, 5) is 27.3. The molecule has 0 aliphatic carbocycles. The van der Waals surface area contributed by atoms with Crippen LogP contribution in [0, 0.1) is 5.41 Å². The number of carbonyl (C=O) groups is 2. The first-order chi connectivity index (χ1) is 12.6. The molecule has 5 heteroatoms. The number of likely N-dealkylation sites (tertiary alicyclic amines) is 1. The summed E-state index contributed by atoms with van der Waals surface area (Å²) < 4.78 is 5.14. The van der Waals surface area contributed by atoms with Gasteiger partial charge >= 0.3 is 0 Å². The Bertz CT molecular complexity index is 837. The number of carbonyl (C=O) groups excluding carboxylic acids is 2. The first-order valence-corrected chi connectivity index (χ1v) is 8.94. The van der Waals surface area contributed by atoms with Crippen LogP contribution in [0.2, 0.25) is 0 Å². The SMILES string of the molecule is COc1ccc(C(=O)N2CCC3(CC2)Cc2ccccc2NC3=O)cc1. The van der Waals surface area contributed by atoms with Crippen LogP contribution in [-0.2, 0) is 11.2 Å². The van der Waals surface area contributed by atoms with Crippen LogP contribution in [0.5, 0.6) is 5.75 Å². The first-order valence-electron chi connectivity index (χ1n) is 8.94. The molecule has 26 heavy (non-hydrogen) atoms. The maximum atomic E-state index is 12.7. The highest BCUT2D eigenvalue weighted by molar-refractivity contribution is 5.99. The predicted molar refractivity (Wildman–Crippen MR) is 99.3 cm³/mol. The minimum absolute atomic E-state index is 0.0131. The number of methoxy groups -OCH3 is 1. The number of hydrogen-bond donors (Lipinski definition) is 1. The molecule has 2 aromatic rings. The molecule has 2 heterocycles. The fourth-order valence-electron chi connectivity index (χ4n) is 3.95. The molecule has 134 valence electrons. The van der Waals surface area contributed by atoms with Crippen LogP contribution < -0.4 is 10.1 Å². The minimum Gasteiger partial charge on any atom is -0.497 e. The Hall–Kier alpha value is -2.82. The van der Waals surface area contributed by atoms with Crippen molar-refractivity contribution in [2.45, 2.75) is 19.3 Å². The van der Waals surface area contributed by atoms with Crippen molar-refractivity contribution in [1.29, 1.82) is 0 Å². The van der Waals surface area contributed by atoms with E-state index >= 15 is 0 Å². The molecule has 0 atom stereocenters. The van der Waals surface area contributed by atoms with E-state index in [9.17, 15) is 9.59 Å². The average molecular weight is 350 g/mol. The van der Waals surface area contributed by atoms with Crippen molar-refractivity contribution in [1.82, 2.24) is 4.90 Å². The van der Waals surface area contributed by atoms with Gasteiger partial charge in [0.25, 0.3) is 5.91 Å². The summed E-state index contributed by atoms with van der Waals surface area (Å²) in [5, 5.41) is 3.05. The molecule has 4 rings (SSSR count). The van der Waals surface area contributed by atoms with Crippen molar-refractivity contribution >= 4 is 17.5 Å². The molecule has 0 aromatic heterocycles. The molecule has 0 bridgehead atoms. The Morgan fingerprint density at radius 1 is 1.08 bits per heavy atom. The zero-order valence-corrected chi connectivity index (χ0v) is 14.8. The molecule has 2 aliphatic heterocycles. The lowest BCUT2D eigenvalue weighted by atomic mass is 9.71. The molecule has 2 amide bonds. The smallest absolute Gasteiger partial charge is 0.253 e. The normalized spacial score (nSPS) is 18.2. The number of para-hydroxylation sites is 1. The van der Waals surface area contributed by atoms with Crippen LogP contribution in [0.3, 0.4) is 0 Å². The molecule has 0 radical (unpaired) electrons. The van der Waals surface area contributed by atoms with E-state index in [2.05, 4.69) is 11.4 Å². The van der Waals surface area contributed by atoms with Gasteiger partial charge in [-0.25, -0.2) is 0 Å². The van der Waals surface area contributed by atoms with Gasteiger partial charge in [-0.2, -0.15) is 0 Å². The molecule has 1 N–H and O–H groups in total. The molecular weight excluding hydrogens is 328 g/mol. The van der Waals surface area contributed by atoms with E-state index < -0.39 is 5.41 Å². The first kappa shape index (κ1) is 16.6. The third kappa shape index (κ3) is 2.83. The lowest BCUT2D eigenvalue weighted by Gasteiger charge is -2.43. The standard InChI is InChI=1S/C21H22N2O3/c1-26-17-8-6-15(7-9-17)19(24)23-12-10-21(11-13-23)14-16-4-2-3-5-18(16)22-20(21)25/h2-9H,10-14H2,1H3,(H,22,25). The molecule has 1 fully saturated rings. The Morgan fingerprint density at radius 2 is 1.77 bits per heavy atom. The largest absolute Gasteiger partial charge is 0.497 e. The second-order valence-electron chi connectivity index (χ2n) is 7.09. The van der Waals surface area contributed by atoms with Crippen molar-refractivity contribution in [2.24, 2.45) is 5.41 Å². The highest BCUT2D eigenvalue weighted by Crippen LogP contribution is 2.41. The number of fused-ring (bicyclic) bond motifs is 1. The lowest BCUT2D eigenvalue weighted by Crippen LogP contribution is -2.51. The van der Waals surface area contributed by atoms with Crippen LogP contribution in [0.15, 0.2) is 48.5 Å². The lowest BCUT2D eigenvalue weighted by molar-refractivity contribution is -0.128. The van der Waals surface area contributed by atoms with Gasteiger partial charge in [0.05, 0.1) is 12.5 Å². The number of nitrogens with one attached hydrogen (secondary N) is 1. The highest BCUT2D eigenvalue weighted by Gasteiger charge is 2.45. The fourth-order valence-corrected chi connectivity index (χ4v) is 3.95. The van der Waals surface area contributed by atoms with E-state index in [-0.39, 0.29) is 11.8 Å². The zero-order chi connectivity index (χ0) is 18.1. The maximum absolute atomic E-state index is 12.7. The van der Waals surface area contributed by atoms with Gasteiger partial charge in [0.15, 0.2) is 0 Å². The summed E-state index contributed by atoms with van der Waals surface area (Å²) in [7, 11) is 1.61. The molecule has 2 aliphatic rings. The third-order valence-electron chi connectivity index (χ3n) is 5.62. The molecule has 0 unspecified atom stereocenters. The number of rotatable bonds is 2. The monoisotopic (exact) mass is 350 g/mol. The minimum atomic E-state index is -0.398. The summed E-state index contributed by atoms with van der Waals surface area (Å²) >= 11 is 0. The summed E-state index contributed by atoms with van der Waals surface area (Å²) in [6, 6.07) is 15.1. The predicted octanol–water partition coefficient (Wildman–Crippen LogP) is 3.11. The molecular formula is C21H22N2O3. The van der Waals surface area contributed by atoms with Gasteiger partial charge in [-0.15, -0.1) is 0 Å². The summed E-state index contributed by atoms with van der Waals surface area (Å²) in [6.07, 6.45) is 2.13. The van der Waals surface area contributed by atoms with Gasteiger partial charge in [-0.1, -0.05) is 18.2 Å². The van der Waals surface area contributed by atoms with E-state index in [1.165, 1.54) is 5.56 Å². The van der Waals surface area contributed by atoms with Crippen molar-refractivity contribution in [3.8, 4) is 5.75 Å². The van der Waals surface area contributed by atoms with Crippen LogP contribution in [-0.4, -0.2) is 36.9 Å². The number of benzene rings is 2. The number of nitrogens with zero attached hydrogens (tertiary/aromatic N) is 1. The van der Waals surface area contributed by atoms with Crippen LogP contribution in [0.1, 0.15) is 28.8 Å². The molecule has 1 saturated heterocycles. The topological polar surface area (TPSA) is 58.6 Å². The van der Waals surface area contributed by atoms with E-state index in [4.69, 9.17) is 4.74 Å². The summed E-state index contributed by atoms with van der Waals surface area (Å²) in [5.74, 6) is 0.837. The van der Waals surface area contributed by atoms with Gasteiger partial charge < -0.3 is 15.0 Å². The zero-order valence-electron chi connectivity index (χ0n) is 14.8. The Balaban J connectivity index is 1.47. The molecule has 2 aromatic carbocycles. The van der Waals surface area contributed by atoms with Gasteiger partial charge in [-0.3, -0.25) is 9.59 Å². The summed E-state index contributed by atoms with van der Waals surface area (Å²) in [6.45, 7) is 1.20. The Kier molecular flexibility index (Phi) is 4.15. The summed E-state index contributed by atoms with van der Waals surface area (Å²) in [5.41, 5.74) is 2.35. The van der Waals surface area contributed by atoms with E-state index in [0.717, 1.165) is 17.9 Å². The second kappa shape index (κ2) is 6.48. The van der Waals surface area contributed by atoms with Crippen LogP contribution in [0.25, 0.3) is 0 Å². The number of hydrogen-bond acceptors (Lipinski definition) is 3. The van der Waals surface area contributed by atoms with Crippen molar-refractivity contribution < 1.29 is 14.3 Å². The van der Waals surface area contributed by atoms with Gasteiger partial charge in [0.1, 0.15) is 5.75 Å². The molecule has 0 saturated carbocycles. The van der Waals surface area contributed by atoms with Gasteiger partial charge in [-0.05, 0) is 55.2 Å². The third-order valence-corrected chi connectivity index (χ3v) is 5.62. The van der Waals surface area contributed by atoms with E-state index in [1.54, 1.807) is 31.4 Å². The maximum Gasteiger partial charge on any atom is 0.253 e.